The average Bonchev–Trinajstić information content (AvgIpc) is 3.03. The van der Waals surface area contributed by atoms with E-state index < -0.39 is 0 Å². The minimum atomic E-state index is -0.270. The third-order valence-electron chi connectivity index (χ3n) is 5.81. The number of hydrogen-bond donors (Lipinski definition) is 0. The van der Waals surface area contributed by atoms with E-state index in [1.165, 1.54) is 53.8 Å². The van der Waals surface area contributed by atoms with Gasteiger partial charge in [-0.15, -0.1) is 11.3 Å². The van der Waals surface area contributed by atoms with Crippen molar-refractivity contribution < 1.29 is 9.53 Å². The van der Waals surface area contributed by atoms with Gasteiger partial charge >= 0.3 is 5.97 Å². The van der Waals surface area contributed by atoms with Gasteiger partial charge in [0.05, 0.1) is 4.70 Å². The van der Waals surface area contributed by atoms with Gasteiger partial charge in [0.25, 0.3) is 0 Å². The van der Waals surface area contributed by atoms with Crippen LogP contribution in [0.5, 0.6) is 5.75 Å². The summed E-state index contributed by atoms with van der Waals surface area (Å²) in [5.41, 5.74) is 5.93. The lowest BCUT2D eigenvalue weighted by atomic mass is 9.90. The van der Waals surface area contributed by atoms with E-state index in [2.05, 4.69) is 80.0 Å². The second-order valence-electron chi connectivity index (χ2n) is 7.65. The zero-order chi connectivity index (χ0) is 21.6. The summed E-state index contributed by atoms with van der Waals surface area (Å²) < 4.78 is 8.08. The Morgan fingerprint density at radius 1 is 1.03 bits per heavy atom. The van der Waals surface area contributed by atoms with Crippen LogP contribution in [0.15, 0.2) is 40.9 Å². The van der Waals surface area contributed by atoms with E-state index in [1.54, 1.807) is 0 Å². The van der Waals surface area contributed by atoms with Gasteiger partial charge in [0.1, 0.15) is 5.75 Å². The molecule has 2 nitrogen and oxygen atoms in total. The van der Waals surface area contributed by atoms with Crippen LogP contribution >= 0.6 is 27.3 Å². The number of fused-ring (bicyclic) bond motifs is 2. The first-order valence-electron chi connectivity index (χ1n) is 10.3. The number of carbonyl (C=O) groups excluding carboxylic acids is 1. The van der Waals surface area contributed by atoms with Gasteiger partial charge in [-0.25, -0.2) is 0 Å². The number of rotatable bonds is 4. The molecule has 0 aliphatic rings. The zero-order valence-electron chi connectivity index (χ0n) is 18.0. The van der Waals surface area contributed by atoms with Crippen molar-refractivity contribution in [2.24, 2.45) is 0 Å². The summed E-state index contributed by atoms with van der Waals surface area (Å²) in [5.74, 6) is 0.458. The molecule has 0 saturated heterocycles. The second-order valence-corrected chi connectivity index (χ2v) is 9.66. The number of ether oxygens (including phenoxy) is 1. The van der Waals surface area contributed by atoms with E-state index in [9.17, 15) is 4.79 Å². The Hall–Kier alpha value is -2.17. The van der Waals surface area contributed by atoms with E-state index in [0.717, 1.165) is 29.7 Å². The first kappa shape index (κ1) is 21.1. The molecule has 1 aromatic heterocycles. The van der Waals surface area contributed by atoms with Gasteiger partial charge in [0.2, 0.25) is 0 Å². The van der Waals surface area contributed by atoms with Gasteiger partial charge in [-0.1, -0.05) is 38.1 Å². The van der Waals surface area contributed by atoms with Crippen molar-refractivity contribution in [1.82, 2.24) is 0 Å². The van der Waals surface area contributed by atoms with Crippen LogP contribution in [0.4, 0.5) is 0 Å². The number of halogens is 1. The lowest BCUT2D eigenvalue weighted by Crippen LogP contribution is -2.07. The van der Waals surface area contributed by atoms with Crippen LogP contribution in [0.25, 0.3) is 32.0 Å². The number of benzene rings is 3. The standard InChI is InChI=1S/C26H25BrO2S/c1-6-17-12-19(13-18(7-2)25(17)29-16(5)28)23-20-10-8-9-11-21(20)24(27)26-22(23)14(3)15(4)30-26/h8-13H,6-7H2,1-5H3. The number of carbonyl (C=O) groups is 1. The van der Waals surface area contributed by atoms with E-state index in [1.807, 2.05) is 11.3 Å². The zero-order valence-corrected chi connectivity index (χ0v) is 20.4. The maximum Gasteiger partial charge on any atom is 0.308 e. The molecule has 4 heteroatoms. The average molecular weight is 481 g/mol. The molecule has 0 spiro atoms. The van der Waals surface area contributed by atoms with E-state index in [-0.39, 0.29) is 5.97 Å². The Morgan fingerprint density at radius 2 is 1.63 bits per heavy atom. The highest BCUT2D eigenvalue weighted by molar-refractivity contribution is 9.11. The molecule has 0 fully saturated rings. The molecular formula is C26H25BrO2S. The predicted molar refractivity (Wildman–Crippen MR) is 132 cm³/mol. The summed E-state index contributed by atoms with van der Waals surface area (Å²) in [6.45, 7) is 10.1. The van der Waals surface area contributed by atoms with Gasteiger partial charge in [-0.05, 0) is 93.3 Å². The third-order valence-corrected chi connectivity index (χ3v) is 8.12. The molecule has 0 saturated carbocycles. The summed E-state index contributed by atoms with van der Waals surface area (Å²) in [5, 5.41) is 3.77. The third kappa shape index (κ3) is 3.36. The van der Waals surface area contributed by atoms with Gasteiger partial charge in [0.15, 0.2) is 0 Å². The van der Waals surface area contributed by atoms with Crippen molar-refractivity contribution in [2.75, 3.05) is 0 Å². The summed E-state index contributed by atoms with van der Waals surface area (Å²) in [4.78, 5) is 13.1. The van der Waals surface area contributed by atoms with Gasteiger partial charge < -0.3 is 4.74 Å². The lowest BCUT2D eigenvalue weighted by Gasteiger charge is -2.18. The van der Waals surface area contributed by atoms with Crippen LogP contribution in [0, 0.1) is 13.8 Å². The molecule has 0 amide bonds. The molecule has 154 valence electrons. The maximum atomic E-state index is 11.7. The summed E-state index contributed by atoms with van der Waals surface area (Å²) in [7, 11) is 0. The largest absolute Gasteiger partial charge is 0.426 e. The Bertz CT molecular complexity index is 1270. The van der Waals surface area contributed by atoms with E-state index in [4.69, 9.17) is 4.74 Å². The molecule has 0 N–H and O–H groups in total. The predicted octanol–water partition coefficient (Wildman–Crippen LogP) is 8.15. The molecule has 0 aliphatic heterocycles. The summed E-state index contributed by atoms with van der Waals surface area (Å²) in [6.07, 6.45) is 1.62. The van der Waals surface area contributed by atoms with Crippen LogP contribution in [-0.2, 0) is 17.6 Å². The Morgan fingerprint density at radius 3 is 2.20 bits per heavy atom. The normalized spacial score (nSPS) is 11.4. The van der Waals surface area contributed by atoms with Gasteiger partial charge in [0, 0.05) is 21.7 Å². The fourth-order valence-corrected chi connectivity index (χ4v) is 6.14. The van der Waals surface area contributed by atoms with E-state index in [0.29, 0.717) is 0 Å². The first-order chi connectivity index (χ1) is 14.4. The molecule has 4 aromatic rings. The summed E-state index contributed by atoms with van der Waals surface area (Å²) in [6, 6.07) is 13.0. The van der Waals surface area contributed by atoms with Crippen molar-refractivity contribution >= 4 is 54.1 Å². The lowest BCUT2D eigenvalue weighted by molar-refractivity contribution is -0.132. The highest BCUT2D eigenvalue weighted by Crippen LogP contribution is 2.48. The second kappa shape index (κ2) is 8.16. The number of esters is 1. The smallest absolute Gasteiger partial charge is 0.308 e. The Balaban J connectivity index is 2.15. The number of thiophene rings is 1. The highest BCUT2D eigenvalue weighted by atomic mass is 79.9. The van der Waals surface area contributed by atoms with Crippen molar-refractivity contribution in [3.8, 4) is 16.9 Å². The maximum absolute atomic E-state index is 11.7. The van der Waals surface area contributed by atoms with Crippen molar-refractivity contribution in [2.45, 2.75) is 47.5 Å². The van der Waals surface area contributed by atoms with Crippen molar-refractivity contribution in [1.29, 1.82) is 0 Å². The fourth-order valence-electron chi connectivity index (χ4n) is 4.23. The Kier molecular flexibility index (Phi) is 5.73. The van der Waals surface area contributed by atoms with Crippen molar-refractivity contribution in [3.63, 3.8) is 0 Å². The molecule has 0 bridgehead atoms. The van der Waals surface area contributed by atoms with Crippen LogP contribution in [0.1, 0.15) is 42.3 Å². The van der Waals surface area contributed by atoms with Crippen LogP contribution in [0.2, 0.25) is 0 Å². The molecule has 0 unspecified atom stereocenters. The SMILES string of the molecule is CCc1cc(-c2c3ccccc3c(Br)c3sc(C)c(C)c23)cc(CC)c1OC(C)=O. The van der Waals surface area contributed by atoms with Crippen LogP contribution < -0.4 is 4.74 Å². The monoisotopic (exact) mass is 480 g/mol. The molecule has 30 heavy (non-hydrogen) atoms. The topological polar surface area (TPSA) is 26.3 Å². The van der Waals surface area contributed by atoms with E-state index >= 15 is 0 Å². The van der Waals surface area contributed by atoms with Gasteiger partial charge in [-0.2, -0.15) is 0 Å². The fraction of sp³-hybridized carbons (Fsp3) is 0.269. The molecule has 0 atom stereocenters. The van der Waals surface area contributed by atoms with Gasteiger partial charge in [-0.3, -0.25) is 4.79 Å². The molecule has 3 aromatic carbocycles. The van der Waals surface area contributed by atoms with Crippen LogP contribution in [0.3, 0.4) is 0 Å². The molecule has 0 radical (unpaired) electrons. The Labute approximate surface area is 190 Å². The first-order valence-corrected chi connectivity index (χ1v) is 11.9. The number of aryl methyl sites for hydroxylation is 4. The minimum Gasteiger partial charge on any atom is -0.426 e. The molecular weight excluding hydrogens is 456 g/mol. The molecule has 1 heterocycles. The quantitative estimate of drug-likeness (QED) is 0.217. The van der Waals surface area contributed by atoms with Crippen molar-refractivity contribution in [3.05, 3.63) is 62.4 Å². The molecule has 4 rings (SSSR count). The molecule has 0 aliphatic carbocycles. The summed E-state index contributed by atoms with van der Waals surface area (Å²) >= 11 is 5.73. The highest BCUT2D eigenvalue weighted by Gasteiger charge is 2.21. The number of hydrogen-bond acceptors (Lipinski definition) is 3. The van der Waals surface area contributed by atoms with Crippen LogP contribution in [-0.4, -0.2) is 5.97 Å². The minimum absolute atomic E-state index is 0.270.